The summed E-state index contributed by atoms with van der Waals surface area (Å²) in [5, 5.41) is 10.2. The number of anilines is 3. The second kappa shape index (κ2) is 14.6. The van der Waals surface area contributed by atoms with Crippen LogP contribution in [0.4, 0.5) is 17.1 Å². The Balaban J connectivity index is 1.02. The van der Waals surface area contributed by atoms with E-state index >= 15 is 0 Å². The van der Waals surface area contributed by atoms with Crippen LogP contribution in [0.1, 0.15) is 0 Å². The molecule has 0 saturated carbocycles. The van der Waals surface area contributed by atoms with E-state index in [1.54, 1.807) is 0 Å². The van der Waals surface area contributed by atoms with Crippen LogP contribution in [0.5, 0.6) is 0 Å². The fourth-order valence-electron chi connectivity index (χ4n) is 8.89. The Hall–Kier alpha value is -7.74. The maximum absolute atomic E-state index is 2.39. The molecule has 0 N–H and O–H groups in total. The van der Waals surface area contributed by atoms with Crippen molar-refractivity contribution in [2.24, 2.45) is 0 Å². The Bertz CT molecular complexity index is 3280. The number of nitrogens with zero attached hydrogens (tertiary/aromatic N) is 1. The topological polar surface area (TPSA) is 3.24 Å². The monoisotopic (exact) mass is 749 g/mol. The van der Waals surface area contributed by atoms with Gasteiger partial charge in [0.1, 0.15) is 0 Å². The number of hydrogen-bond donors (Lipinski definition) is 0. The molecule has 0 spiro atoms. The molecule has 0 radical (unpaired) electrons. The van der Waals surface area contributed by atoms with Crippen molar-refractivity contribution < 1.29 is 0 Å². The Labute approximate surface area is 344 Å². The summed E-state index contributed by atoms with van der Waals surface area (Å²) in [7, 11) is 0. The van der Waals surface area contributed by atoms with Gasteiger partial charge >= 0.3 is 0 Å². The van der Waals surface area contributed by atoms with E-state index in [0.717, 1.165) is 17.1 Å². The van der Waals surface area contributed by atoms with E-state index in [-0.39, 0.29) is 0 Å². The smallest absolute Gasteiger partial charge is 0.0540 e. The second-order valence-corrected chi connectivity index (χ2v) is 15.3. The van der Waals surface area contributed by atoms with Crippen LogP contribution in [0.25, 0.3) is 87.6 Å². The highest BCUT2D eigenvalue weighted by atomic mass is 15.1. The predicted molar refractivity (Wildman–Crippen MR) is 253 cm³/mol. The molecule has 0 bridgehead atoms. The first kappa shape index (κ1) is 34.5. The summed E-state index contributed by atoms with van der Waals surface area (Å²) in [6.07, 6.45) is 0. The van der Waals surface area contributed by atoms with Gasteiger partial charge in [-0.15, -0.1) is 0 Å². The minimum atomic E-state index is 1.10. The van der Waals surface area contributed by atoms with E-state index in [9.17, 15) is 0 Å². The van der Waals surface area contributed by atoms with Crippen LogP contribution >= 0.6 is 0 Å². The standard InChI is InChI=1S/C58H39N/c1-3-12-40(13-4-1)48-17-11-18-49(38-48)41-30-34-51(35-31-41)59(56-21-10-9-19-53(56)43-14-5-2-6-15-43)52-36-32-42(33-37-52)50-29-24-45-23-26-47-28-27-46-25-22-44-16-7-8-20-54(44)57(46)58(47)55(45)39-50/h1-39H. The van der Waals surface area contributed by atoms with Crippen molar-refractivity contribution in [2.45, 2.75) is 0 Å². The Kier molecular flexibility index (Phi) is 8.56. The number of hydrogen-bond acceptors (Lipinski definition) is 1. The molecule has 1 heteroatoms. The van der Waals surface area contributed by atoms with Gasteiger partial charge in [0.15, 0.2) is 0 Å². The summed E-state index contributed by atoms with van der Waals surface area (Å²) in [6, 6.07) is 86.1. The van der Waals surface area contributed by atoms with Crippen LogP contribution in [0.2, 0.25) is 0 Å². The number of para-hydroxylation sites is 1. The molecule has 276 valence electrons. The number of rotatable bonds is 7. The van der Waals surface area contributed by atoms with Gasteiger partial charge in [-0.2, -0.15) is 0 Å². The zero-order chi connectivity index (χ0) is 39.1. The van der Waals surface area contributed by atoms with E-state index in [1.807, 2.05) is 0 Å². The largest absolute Gasteiger partial charge is 0.310 e. The third kappa shape index (κ3) is 6.30. The van der Waals surface area contributed by atoms with E-state index in [4.69, 9.17) is 0 Å². The molecular weight excluding hydrogens is 711 g/mol. The normalized spacial score (nSPS) is 11.4. The molecule has 11 aromatic carbocycles. The molecule has 0 heterocycles. The predicted octanol–water partition coefficient (Wildman–Crippen LogP) is 16.4. The van der Waals surface area contributed by atoms with Gasteiger partial charge in [-0.25, -0.2) is 0 Å². The summed E-state index contributed by atoms with van der Waals surface area (Å²) in [5.74, 6) is 0. The van der Waals surface area contributed by atoms with Gasteiger partial charge in [0.25, 0.3) is 0 Å². The minimum absolute atomic E-state index is 1.10. The lowest BCUT2D eigenvalue weighted by molar-refractivity contribution is 1.28. The van der Waals surface area contributed by atoms with Gasteiger partial charge in [0.2, 0.25) is 0 Å². The third-order valence-corrected chi connectivity index (χ3v) is 11.8. The molecule has 0 aromatic heterocycles. The quantitative estimate of drug-likeness (QED) is 0.147. The molecule has 0 amide bonds. The Morgan fingerprint density at radius 3 is 1.31 bits per heavy atom. The summed E-state index contributed by atoms with van der Waals surface area (Å²) in [5.41, 5.74) is 12.9. The van der Waals surface area contributed by atoms with Crippen LogP contribution in [0.15, 0.2) is 237 Å². The maximum Gasteiger partial charge on any atom is 0.0540 e. The van der Waals surface area contributed by atoms with Gasteiger partial charge in [0, 0.05) is 16.9 Å². The summed E-state index contributed by atoms with van der Waals surface area (Å²) < 4.78 is 0. The number of fused-ring (bicyclic) bond motifs is 7. The summed E-state index contributed by atoms with van der Waals surface area (Å²) >= 11 is 0. The highest BCUT2D eigenvalue weighted by Gasteiger charge is 2.18. The molecule has 0 unspecified atom stereocenters. The SMILES string of the molecule is c1ccc(-c2cccc(-c3ccc(N(c4ccc(-c5ccc6ccc7ccc8ccc9ccccc9c8c7c6c5)cc4)c4ccccc4-c4ccccc4)cc3)c2)cc1. The molecule has 11 rings (SSSR count). The first-order chi connectivity index (χ1) is 29.2. The first-order valence-electron chi connectivity index (χ1n) is 20.3. The molecule has 0 saturated heterocycles. The molecule has 59 heavy (non-hydrogen) atoms. The van der Waals surface area contributed by atoms with Crippen molar-refractivity contribution in [3.63, 3.8) is 0 Å². The molecule has 11 aromatic rings. The fourth-order valence-corrected chi connectivity index (χ4v) is 8.89. The molecule has 0 aliphatic carbocycles. The molecule has 0 aliphatic rings. The molecule has 1 nitrogen and oxygen atoms in total. The van der Waals surface area contributed by atoms with Gasteiger partial charge < -0.3 is 4.90 Å². The average molecular weight is 750 g/mol. The van der Waals surface area contributed by atoms with Gasteiger partial charge in [-0.3, -0.25) is 0 Å². The first-order valence-corrected chi connectivity index (χ1v) is 20.3. The van der Waals surface area contributed by atoms with Gasteiger partial charge in [-0.05, 0) is 124 Å². The van der Waals surface area contributed by atoms with E-state index in [1.165, 1.54) is 87.6 Å². The second-order valence-electron chi connectivity index (χ2n) is 15.3. The van der Waals surface area contributed by atoms with Crippen LogP contribution in [0.3, 0.4) is 0 Å². The van der Waals surface area contributed by atoms with Crippen LogP contribution in [0, 0.1) is 0 Å². The zero-order valence-corrected chi connectivity index (χ0v) is 32.5. The maximum atomic E-state index is 2.39. The Morgan fingerprint density at radius 1 is 0.237 bits per heavy atom. The lowest BCUT2D eigenvalue weighted by atomic mass is 9.91. The Morgan fingerprint density at radius 2 is 0.661 bits per heavy atom. The van der Waals surface area contributed by atoms with Crippen molar-refractivity contribution in [2.75, 3.05) is 4.90 Å². The zero-order valence-electron chi connectivity index (χ0n) is 32.5. The highest BCUT2D eigenvalue weighted by Crippen LogP contribution is 2.43. The molecular formula is C58H39N. The molecule has 0 atom stereocenters. The van der Waals surface area contributed by atoms with Gasteiger partial charge in [0.05, 0.1) is 5.69 Å². The summed E-state index contributed by atoms with van der Waals surface area (Å²) in [6.45, 7) is 0. The van der Waals surface area contributed by atoms with Crippen molar-refractivity contribution in [1.82, 2.24) is 0 Å². The lowest BCUT2D eigenvalue weighted by Crippen LogP contribution is -2.11. The highest BCUT2D eigenvalue weighted by molar-refractivity contribution is 6.27. The van der Waals surface area contributed by atoms with E-state index in [0.29, 0.717) is 0 Å². The van der Waals surface area contributed by atoms with Crippen molar-refractivity contribution in [1.29, 1.82) is 0 Å². The average Bonchev–Trinajstić information content (AvgIpc) is 3.32. The van der Waals surface area contributed by atoms with Crippen LogP contribution in [-0.4, -0.2) is 0 Å². The van der Waals surface area contributed by atoms with E-state index < -0.39 is 0 Å². The summed E-state index contributed by atoms with van der Waals surface area (Å²) in [4.78, 5) is 2.39. The molecule has 0 fully saturated rings. The lowest BCUT2D eigenvalue weighted by Gasteiger charge is -2.28. The van der Waals surface area contributed by atoms with Crippen molar-refractivity contribution in [3.8, 4) is 44.5 Å². The fraction of sp³-hybridized carbons (Fsp3) is 0. The number of benzene rings is 11. The van der Waals surface area contributed by atoms with Crippen molar-refractivity contribution >= 4 is 60.2 Å². The van der Waals surface area contributed by atoms with Crippen molar-refractivity contribution in [3.05, 3.63) is 237 Å². The minimum Gasteiger partial charge on any atom is -0.310 e. The van der Waals surface area contributed by atoms with E-state index in [2.05, 4.69) is 241 Å². The van der Waals surface area contributed by atoms with Crippen LogP contribution < -0.4 is 4.90 Å². The third-order valence-electron chi connectivity index (χ3n) is 11.8. The van der Waals surface area contributed by atoms with Gasteiger partial charge in [-0.1, -0.05) is 194 Å². The molecule has 0 aliphatic heterocycles. The van der Waals surface area contributed by atoms with Crippen LogP contribution in [-0.2, 0) is 0 Å².